The summed E-state index contributed by atoms with van der Waals surface area (Å²) in [6.07, 6.45) is 3.91. The van der Waals surface area contributed by atoms with E-state index in [9.17, 15) is 0 Å². The maximum absolute atomic E-state index is 5.44. The molecule has 0 aliphatic carbocycles. The van der Waals surface area contributed by atoms with E-state index in [2.05, 4.69) is 26.5 Å². The second kappa shape index (κ2) is 7.71. The quantitative estimate of drug-likeness (QED) is 0.497. The standard InChI is InChI=1S/C16H14BrN3S/c17-14-8-4-7-13(11-14)15(19-20-16(18)21)10-9-12-5-2-1-3-6-12/h1-11H,(H3,18,20,21)/b10-9+,19-15+. The van der Waals surface area contributed by atoms with Gasteiger partial charge in [-0.3, -0.25) is 5.43 Å². The van der Waals surface area contributed by atoms with Crippen molar-refractivity contribution in [2.24, 2.45) is 10.8 Å². The molecule has 0 amide bonds. The maximum atomic E-state index is 5.44. The van der Waals surface area contributed by atoms with Gasteiger partial charge in [-0.2, -0.15) is 5.10 Å². The predicted molar refractivity (Wildman–Crippen MR) is 96.1 cm³/mol. The Morgan fingerprint density at radius 1 is 1.14 bits per heavy atom. The molecule has 0 spiro atoms. The van der Waals surface area contributed by atoms with E-state index in [0.29, 0.717) is 0 Å². The molecule has 2 aromatic rings. The molecular formula is C16H14BrN3S. The molecule has 5 heteroatoms. The van der Waals surface area contributed by atoms with Gasteiger partial charge in [-0.25, -0.2) is 0 Å². The molecule has 0 bridgehead atoms. The number of rotatable bonds is 4. The number of benzene rings is 2. The van der Waals surface area contributed by atoms with Crippen molar-refractivity contribution < 1.29 is 0 Å². The van der Waals surface area contributed by atoms with Crippen LogP contribution in [0.1, 0.15) is 11.1 Å². The van der Waals surface area contributed by atoms with Crippen LogP contribution >= 0.6 is 28.1 Å². The van der Waals surface area contributed by atoms with Crippen LogP contribution < -0.4 is 11.2 Å². The van der Waals surface area contributed by atoms with Crippen LogP contribution in [0.3, 0.4) is 0 Å². The Labute approximate surface area is 137 Å². The first-order valence-electron chi connectivity index (χ1n) is 6.27. The van der Waals surface area contributed by atoms with Gasteiger partial charge in [-0.1, -0.05) is 64.5 Å². The number of nitrogens with one attached hydrogen (secondary N) is 1. The van der Waals surface area contributed by atoms with E-state index in [4.69, 9.17) is 18.0 Å². The van der Waals surface area contributed by atoms with Gasteiger partial charge in [0.25, 0.3) is 0 Å². The van der Waals surface area contributed by atoms with Gasteiger partial charge in [0.15, 0.2) is 5.11 Å². The highest BCUT2D eigenvalue weighted by atomic mass is 79.9. The molecule has 0 radical (unpaired) electrons. The van der Waals surface area contributed by atoms with E-state index < -0.39 is 0 Å². The summed E-state index contributed by atoms with van der Waals surface area (Å²) in [4.78, 5) is 0. The van der Waals surface area contributed by atoms with Gasteiger partial charge < -0.3 is 5.73 Å². The molecule has 0 aliphatic rings. The molecule has 106 valence electrons. The van der Waals surface area contributed by atoms with Crippen LogP contribution in [-0.4, -0.2) is 10.8 Å². The smallest absolute Gasteiger partial charge is 0.184 e. The minimum Gasteiger partial charge on any atom is -0.375 e. The monoisotopic (exact) mass is 359 g/mol. The third-order valence-corrected chi connectivity index (χ3v) is 3.22. The van der Waals surface area contributed by atoms with Crippen LogP contribution in [0.2, 0.25) is 0 Å². The van der Waals surface area contributed by atoms with Crippen molar-refractivity contribution >= 4 is 45.0 Å². The SMILES string of the molecule is NC(=S)N/N=C(\C=C\c1ccccc1)c1cccc(Br)c1. The van der Waals surface area contributed by atoms with Crippen LogP contribution in [0, 0.1) is 0 Å². The lowest BCUT2D eigenvalue weighted by Gasteiger charge is -2.04. The van der Waals surface area contributed by atoms with Crippen LogP contribution in [0.5, 0.6) is 0 Å². The van der Waals surface area contributed by atoms with Crippen LogP contribution in [0.15, 0.2) is 70.2 Å². The fourth-order valence-corrected chi connectivity index (χ4v) is 2.15. The number of hydrazone groups is 1. The number of hydrogen-bond donors (Lipinski definition) is 2. The maximum Gasteiger partial charge on any atom is 0.184 e. The molecule has 0 fully saturated rings. The van der Waals surface area contributed by atoms with Crippen LogP contribution in [-0.2, 0) is 0 Å². The highest BCUT2D eigenvalue weighted by molar-refractivity contribution is 9.10. The Morgan fingerprint density at radius 2 is 1.90 bits per heavy atom. The molecule has 0 unspecified atom stereocenters. The van der Waals surface area contributed by atoms with Gasteiger partial charge in [-0.15, -0.1) is 0 Å². The van der Waals surface area contributed by atoms with Crippen molar-refractivity contribution in [3.05, 3.63) is 76.3 Å². The van der Waals surface area contributed by atoms with Crippen molar-refractivity contribution in [1.82, 2.24) is 5.43 Å². The summed E-state index contributed by atoms with van der Waals surface area (Å²) < 4.78 is 0.983. The Morgan fingerprint density at radius 3 is 2.57 bits per heavy atom. The van der Waals surface area contributed by atoms with Gasteiger partial charge >= 0.3 is 0 Å². The number of thiocarbonyl (C=S) groups is 1. The summed E-state index contributed by atoms with van der Waals surface area (Å²) in [6, 6.07) is 17.9. The van der Waals surface area contributed by atoms with Gasteiger partial charge in [0.2, 0.25) is 0 Å². The fourth-order valence-electron chi connectivity index (χ4n) is 1.70. The zero-order valence-electron chi connectivity index (χ0n) is 11.2. The molecule has 0 heterocycles. The second-order valence-corrected chi connectivity index (χ2v) is 5.58. The summed E-state index contributed by atoms with van der Waals surface area (Å²) in [6.45, 7) is 0. The first-order valence-corrected chi connectivity index (χ1v) is 7.47. The first-order chi connectivity index (χ1) is 10.1. The van der Waals surface area contributed by atoms with E-state index in [1.165, 1.54) is 0 Å². The number of nitrogens with two attached hydrogens (primary N) is 1. The van der Waals surface area contributed by atoms with Crippen LogP contribution in [0.4, 0.5) is 0 Å². The number of halogens is 1. The van der Waals surface area contributed by atoms with Crippen molar-refractivity contribution in [2.45, 2.75) is 0 Å². The van der Waals surface area contributed by atoms with E-state index in [1.807, 2.05) is 66.7 Å². The highest BCUT2D eigenvalue weighted by Crippen LogP contribution is 2.13. The Hall–Kier alpha value is -1.98. The normalized spacial score (nSPS) is 11.6. The molecule has 0 aliphatic heterocycles. The molecule has 0 saturated carbocycles. The van der Waals surface area contributed by atoms with Crippen molar-refractivity contribution in [2.75, 3.05) is 0 Å². The molecule has 2 rings (SSSR count). The lowest BCUT2D eigenvalue weighted by atomic mass is 10.1. The largest absolute Gasteiger partial charge is 0.375 e. The molecule has 21 heavy (non-hydrogen) atoms. The van der Waals surface area contributed by atoms with Crippen molar-refractivity contribution in [3.8, 4) is 0 Å². The minimum atomic E-state index is 0.135. The molecular weight excluding hydrogens is 346 g/mol. The molecule has 0 atom stereocenters. The van der Waals surface area contributed by atoms with Gasteiger partial charge in [0.1, 0.15) is 0 Å². The van der Waals surface area contributed by atoms with Crippen LogP contribution in [0.25, 0.3) is 6.08 Å². The highest BCUT2D eigenvalue weighted by Gasteiger charge is 2.01. The zero-order chi connectivity index (χ0) is 15.1. The topological polar surface area (TPSA) is 50.4 Å². The zero-order valence-corrected chi connectivity index (χ0v) is 13.6. The van der Waals surface area contributed by atoms with E-state index in [1.54, 1.807) is 0 Å². The number of allylic oxidation sites excluding steroid dienone is 1. The summed E-state index contributed by atoms with van der Waals surface area (Å²) in [5.74, 6) is 0. The third-order valence-electron chi connectivity index (χ3n) is 2.64. The van der Waals surface area contributed by atoms with Gasteiger partial charge in [-0.05, 0) is 36.0 Å². The lowest BCUT2D eigenvalue weighted by Crippen LogP contribution is -2.25. The molecule has 0 saturated heterocycles. The fraction of sp³-hybridized carbons (Fsp3) is 0. The van der Waals surface area contributed by atoms with E-state index in [0.717, 1.165) is 21.3 Å². The van der Waals surface area contributed by atoms with Gasteiger partial charge in [0.05, 0.1) is 5.71 Å². The van der Waals surface area contributed by atoms with E-state index >= 15 is 0 Å². The Balaban J connectivity index is 2.31. The lowest BCUT2D eigenvalue weighted by molar-refractivity contribution is 1.03. The average Bonchev–Trinajstić information content (AvgIpc) is 2.48. The number of nitrogens with zero attached hydrogens (tertiary/aromatic N) is 1. The minimum absolute atomic E-state index is 0.135. The van der Waals surface area contributed by atoms with Crippen molar-refractivity contribution in [3.63, 3.8) is 0 Å². The summed E-state index contributed by atoms with van der Waals surface area (Å²) in [5.41, 5.74) is 10.9. The second-order valence-electron chi connectivity index (χ2n) is 4.23. The molecule has 2 aromatic carbocycles. The Kier molecular flexibility index (Phi) is 5.66. The van der Waals surface area contributed by atoms with Crippen molar-refractivity contribution in [1.29, 1.82) is 0 Å². The van der Waals surface area contributed by atoms with E-state index in [-0.39, 0.29) is 5.11 Å². The Bertz CT molecular complexity index is 681. The molecule has 3 nitrogen and oxygen atoms in total. The first kappa shape index (κ1) is 15.4. The molecule has 0 aromatic heterocycles. The summed E-state index contributed by atoms with van der Waals surface area (Å²) in [7, 11) is 0. The third kappa shape index (κ3) is 5.13. The summed E-state index contributed by atoms with van der Waals surface area (Å²) >= 11 is 8.25. The predicted octanol–water partition coefficient (Wildman–Crippen LogP) is 3.70. The average molecular weight is 360 g/mol. The van der Waals surface area contributed by atoms with Gasteiger partial charge in [0, 0.05) is 10.0 Å². The summed E-state index contributed by atoms with van der Waals surface area (Å²) in [5, 5.41) is 4.38. The number of hydrogen-bond acceptors (Lipinski definition) is 2. The molecule has 3 N–H and O–H groups in total.